The van der Waals surface area contributed by atoms with Crippen LogP contribution in [-0.4, -0.2) is 14.3 Å². The highest BCUT2D eigenvalue weighted by Gasteiger charge is 2.06. The van der Waals surface area contributed by atoms with Crippen LogP contribution < -0.4 is 0 Å². The standard InChI is InChI=1S/C11H11N3/c1-13-6-5-8-3-4-9-7-14(2)12-10(9)11(8)13/h3-7H,1-2H3. The first-order chi connectivity index (χ1) is 6.75. The lowest BCUT2D eigenvalue weighted by atomic mass is 10.2. The first-order valence-corrected chi connectivity index (χ1v) is 4.63. The minimum atomic E-state index is 1.08. The molecule has 0 spiro atoms. The molecule has 0 saturated heterocycles. The summed E-state index contributed by atoms with van der Waals surface area (Å²) in [6, 6.07) is 6.37. The Morgan fingerprint density at radius 3 is 2.71 bits per heavy atom. The van der Waals surface area contributed by atoms with Crippen LogP contribution in [-0.2, 0) is 14.1 Å². The molecule has 14 heavy (non-hydrogen) atoms. The minimum absolute atomic E-state index is 1.08. The molecule has 3 heteroatoms. The van der Waals surface area contributed by atoms with Gasteiger partial charge in [0, 0.05) is 37.3 Å². The van der Waals surface area contributed by atoms with Gasteiger partial charge in [-0.2, -0.15) is 5.10 Å². The van der Waals surface area contributed by atoms with Gasteiger partial charge in [0.25, 0.3) is 0 Å². The number of aryl methyl sites for hydroxylation is 2. The van der Waals surface area contributed by atoms with Gasteiger partial charge in [-0.3, -0.25) is 4.68 Å². The Kier molecular flexibility index (Phi) is 1.29. The topological polar surface area (TPSA) is 22.8 Å². The molecule has 0 unspecified atom stereocenters. The van der Waals surface area contributed by atoms with Gasteiger partial charge in [0.2, 0.25) is 0 Å². The van der Waals surface area contributed by atoms with Gasteiger partial charge < -0.3 is 4.57 Å². The zero-order chi connectivity index (χ0) is 9.71. The number of aromatic nitrogens is 3. The van der Waals surface area contributed by atoms with Gasteiger partial charge in [0.05, 0.1) is 5.52 Å². The molecular formula is C11H11N3. The Bertz CT molecular complexity index is 616. The van der Waals surface area contributed by atoms with E-state index in [9.17, 15) is 0 Å². The summed E-state index contributed by atoms with van der Waals surface area (Å²) in [6.45, 7) is 0. The van der Waals surface area contributed by atoms with E-state index in [1.807, 2.05) is 17.9 Å². The molecule has 0 radical (unpaired) electrons. The van der Waals surface area contributed by atoms with E-state index in [0.29, 0.717) is 0 Å². The van der Waals surface area contributed by atoms with Crippen molar-refractivity contribution in [3.8, 4) is 0 Å². The van der Waals surface area contributed by atoms with Crippen LogP contribution in [0.1, 0.15) is 0 Å². The van der Waals surface area contributed by atoms with Crippen molar-refractivity contribution >= 4 is 21.8 Å². The fourth-order valence-corrected chi connectivity index (χ4v) is 1.98. The summed E-state index contributed by atoms with van der Waals surface area (Å²) in [5, 5.41) is 6.92. The molecule has 0 aliphatic rings. The third-order valence-corrected chi connectivity index (χ3v) is 2.63. The van der Waals surface area contributed by atoms with E-state index in [-0.39, 0.29) is 0 Å². The van der Waals surface area contributed by atoms with Gasteiger partial charge in [0.15, 0.2) is 0 Å². The maximum absolute atomic E-state index is 4.47. The smallest absolute Gasteiger partial charge is 0.117 e. The second-order valence-electron chi connectivity index (χ2n) is 3.67. The molecule has 3 aromatic rings. The SMILES string of the molecule is Cn1cc2ccc3ccn(C)c3c2n1. The first kappa shape index (κ1) is 7.62. The molecule has 3 rings (SSSR count). The summed E-state index contributed by atoms with van der Waals surface area (Å²) in [7, 11) is 4.01. The predicted octanol–water partition coefficient (Wildman–Crippen LogP) is 2.06. The van der Waals surface area contributed by atoms with Crippen LogP contribution in [0.15, 0.2) is 30.6 Å². The molecule has 3 nitrogen and oxygen atoms in total. The summed E-state index contributed by atoms with van der Waals surface area (Å²) >= 11 is 0. The molecular weight excluding hydrogens is 174 g/mol. The van der Waals surface area contributed by atoms with Crippen LogP contribution in [0, 0.1) is 0 Å². The van der Waals surface area contributed by atoms with E-state index in [1.54, 1.807) is 0 Å². The summed E-state index contributed by atoms with van der Waals surface area (Å²) in [6.07, 6.45) is 4.11. The Labute approximate surface area is 81.6 Å². The molecule has 2 aromatic heterocycles. The lowest BCUT2D eigenvalue weighted by Crippen LogP contribution is -1.88. The van der Waals surface area contributed by atoms with Gasteiger partial charge in [-0.15, -0.1) is 0 Å². The molecule has 1 aromatic carbocycles. The zero-order valence-corrected chi connectivity index (χ0v) is 8.23. The van der Waals surface area contributed by atoms with Gasteiger partial charge in [0.1, 0.15) is 5.52 Å². The highest BCUT2D eigenvalue weighted by Crippen LogP contribution is 2.23. The van der Waals surface area contributed by atoms with E-state index in [4.69, 9.17) is 0 Å². The van der Waals surface area contributed by atoms with Crippen molar-refractivity contribution in [1.82, 2.24) is 14.3 Å². The summed E-state index contributed by atoms with van der Waals surface area (Å²) in [5.74, 6) is 0. The maximum Gasteiger partial charge on any atom is 0.117 e. The largest absolute Gasteiger partial charge is 0.349 e. The summed E-state index contributed by atoms with van der Waals surface area (Å²) in [5.41, 5.74) is 2.29. The minimum Gasteiger partial charge on any atom is -0.349 e. The van der Waals surface area contributed by atoms with Crippen molar-refractivity contribution in [3.63, 3.8) is 0 Å². The van der Waals surface area contributed by atoms with E-state index >= 15 is 0 Å². The lowest BCUT2D eigenvalue weighted by molar-refractivity contribution is 0.779. The quantitative estimate of drug-likeness (QED) is 0.525. The zero-order valence-electron chi connectivity index (χ0n) is 8.23. The van der Waals surface area contributed by atoms with Gasteiger partial charge in [-0.05, 0) is 6.07 Å². The number of hydrogen-bond donors (Lipinski definition) is 0. The molecule has 70 valence electrons. The predicted molar refractivity (Wildman–Crippen MR) is 57.2 cm³/mol. The molecule has 0 aliphatic carbocycles. The fraction of sp³-hybridized carbons (Fsp3) is 0.182. The normalized spacial score (nSPS) is 11.6. The molecule has 0 bridgehead atoms. The highest BCUT2D eigenvalue weighted by molar-refractivity contribution is 6.03. The van der Waals surface area contributed by atoms with Crippen LogP contribution in [0.25, 0.3) is 21.8 Å². The van der Waals surface area contributed by atoms with E-state index in [2.05, 4.69) is 41.1 Å². The lowest BCUT2D eigenvalue weighted by Gasteiger charge is -1.96. The third kappa shape index (κ3) is 0.839. The molecule has 0 saturated carbocycles. The highest BCUT2D eigenvalue weighted by atomic mass is 15.2. The third-order valence-electron chi connectivity index (χ3n) is 2.63. The molecule has 0 N–H and O–H groups in total. The number of benzene rings is 1. The van der Waals surface area contributed by atoms with Crippen molar-refractivity contribution in [2.75, 3.05) is 0 Å². The van der Waals surface area contributed by atoms with Crippen LogP contribution in [0.2, 0.25) is 0 Å². The second kappa shape index (κ2) is 2.38. The van der Waals surface area contributed by atoms with Crippen molar-refractivity contribution in [3.05, 3.63) is 30.6 Å². The van der Waals surface area contributed by atoms with Crippen LogP contribution in [0.3, 0.4) is 0 Å². The van der Waals surface area contributed by atoms with Crippen molar-refractivity contribution in [2.45, 2.75) is 0 Å². The van der Waals surface area contributed by atoms with Crippen molar-refractivity contribution in [2.24, 2.45) is 14.1 Å². The average molecular weight is 185 g/mol. The summed E-state index contributed by atoms with van der Waals surface area (Å²) in [4.78, 5) is 0. The maximum atomic E-state index is 4.47. The van der Waals surface area contributed by atoms with Crippen LogP contribution in [0.5, 0.6) is 0 Å². The molecule has 0 aliphatic heterocycles. The average Bonchev–Trinajstić information content (AvgIpc) is 2.68. The molecule has 2 heterocycles. The number of hydrogen-bond acceptors (Lipinski definition) is 1. The Morgan fingerprint density at radius 1 is 1.07 bits per heavy atom. The van der Waals surface area contributed by atoms with Crippen LogP contribution in [0.4, 0.5) is 0 Å². The Hall–Kier alpha value is -1.77. The second-order valence-corrected chi connectivity index (χ2v) is 3.67. The first-order valence-electron chi connectivity index (χ1n) is 4.63. The number of nitrogens with zero attached hydrogens (tertiary/aromatic N) is 3. The van der Waals surface area contributed by atoms with E-state index < -0.39 is 0 Å². The number of fused-ring (bicyclic) bond motifs is 3. The van der Waals surface area contributed by atoms with Crippen LogP contribution >= 0.6 is 0 Å². The van der Waals surface area contributed by atoms with Gasteiger partial charge in [-0.25, -0.2) is 0 Å². The number of rotatable bonds is 0. The van der Waals surface area contributed by atoms with E-state index in [1.165, 1.54) is 16.3 Å². The molecule has 0 atom stereocenters. The van der Waals surface area contributed by atoms with E-state index in [0.717, 1.165) is 5.52 Å². The Morgan fingerprint density at radius 2 is 1.86 bits per heavy atom. The molecule has 0 amide bonds. The monoisotopic (exact) mass is 185 g/mol. The van der Waals surface area contributed by atoms with Crippen molar-refractivity contribution < 1.29 is 0 Å². The van der Waals surface area contributed by atoms with Gasteiger partial charge >= 0.3 is 0 Å². The molecule has 0 fully saturated rings. The van der Waals surface area contributed by atoms with Gasteiger partial charge in [-0.1, -0.05) is 12.1 Å². The fourth-order valence-electron chi connectivity index (χ4n) is 1.98. The van der Waals surface area contributed by atoms with Crippen molar-refractivity contribution in [1.29, 1.82) is 0 Å². The summed E-state index contributed by atoms with van der Waals surface area (Å²) < 4.78 is 3.97. The Balaban J connectivity index is 2.64.